The Morgan fingerprint density at radius 2 is 2.33 bits per heavy atom. The molecule has 5 nitrogen and oxygen atoms in total. The first-order valence-corrected chi connectivity index (χ1v) is 7.06. The first kappa shape index (κ1) is 13.5. The van der Waals surface area contributed by atoms with Crippen LogP contribution in [0.15, 0.2) is 6.20 Å². The highest BCUT2D eigenvalue weighted by atomic mass is 16.5. The third-order valence-electron chi connectivity index (χ3n) is 3.15. The molecule has 18 heavy (non-hydrogen) atoms. The Morgan fingerprint density at radius 3 is 3.11 bits per heavy atom. The van der Waals surface area contributed by atoms with E-state index in [-0.39, 0.29) is 0 Å². The van der Waals surface area contributed by atoms with Crippen LogP contribution < -0.4 is 5.32 Å². The molecule has 2 rings (SSSR count). The molecule has 0 aromatic carbocycles. The van der Waals surface area contributed by atoms with Crippen LogP contribution in [0.4, 0.5) is 0 Å². The molecule has 1 aromatic rings. The highest BCUT2D eigenvalue weighted by Gasteiger charge is 2.20. The Balaban J connectivity index is 1.54. The first-order valence-electron chi connectivity index (χ1n) is 7.06. The van der Waals surface area contributed by atoms with E-state index in [4.69, 9.17) is 4.74 Å². The van der Waals surface area contributed by atoms with Gasteiger partial charge < -0.3 is 10.1 Å². The zero-order valence-corrected chi connectivity index (χ0v) is 11.3. The molecule has 102 valence electrons. The summed E-state index contributed by atoms with van der Waals surface area (Å²) in [6, 6.07) is 0. The summed E-state index contributed by atoms with van der Waals surface area (Å²) in [6.45, 7) is 6.41. The summed E-state index contributed by atoms with van der Waals surface area (Å²) in [7, 11) is 0. The molecule has 0 atom stereocenters. The molecule has 0 unspecified atom stereocenters. The number of ether oxygens (including phenoxy) is 1. The molecule has 1 aromatic heterocycles. The van der Waals surface area contributed by atoms with E-state index in [9.17, 15) is 0 Å². The van der Waals surface area contributed by atoms with Crippen LogP contribution in [0.5, 0.6) is 0 Å². The highest BCUT2D eigenvalue weighted by molar-refractivity contribution is 4.91. The molecule has 1 fully saturated rings. The third-order valence-corrected chi connectivity index (χ3v) is 3.15. The van der Waals surface area contributed by atoms with Crippen LogP contribution in [0.2, 0.25) is 0 Å². The summed E-state index contributed by atoms with van der Waals surface area (Å²) in [5, 5.41) is 11.5. The van der Waals surface area contributed by atoms with Gasteiger partial charge in [0, 0.05) is 19.3 Å². The van der Waals surface area contributed by atoms with Crippen molar-refractivity contribution in [3.8, 4) is 0 Å². The van der Waals surface area contributed by atoms with Gasteiger partial charge in [-0.1, -0.05) is 25.0 Å². The van der Waals surface area contributed by atoms with Gasteiger partial charge in [-0.2, -0.15) is 0 Å². The van der Waals surface area contributed by atoms with Crippen molar-refractivity contribution in [3.05, 3.63) is 11.9 Å². The van der Waals surface area contributed by atoms with Crippen LogP contribution >= 0.6 is 0 Å². The molecule has 5 heteroatoms. The number of rotatable bonds is 10. The van der Waals surface area contributed by atoms with Gasteiger partial charge in [0.15, 0.2) is 0 Å². The van der Waals surface area contributed by atoms with E-state index in [1.165, 1.54) is 19.3 Å². The smallest absolute Gasteiger partial charge is 0.0964 e. The van der Waals surface area contributed by atoms with Gasteiger partial charge in [0.1, 0.15) is 0 Å². The zero-order chi connectivity index (χ0) is 12.6. The molecule has 1 saturated carbocycles. The summed E-state index contributed by atoms with van der Waals surface area (Å²) in [5.41, 5.74) is 1.00. The lowest BCUT2D eigenvalue weighted by molar-refractivity contribution is 0.118. The average molecular weight is 252 g/mol. The Kier molecular flexibility index (Phi) is 5.61. The van der Waals surface area contributed by atoms with Gasteiger partial charge >= 0.3 is 0 Å². The van der Waals surface area contributed by atoms with Crippen LogP contribution in [-0.2, 0) is 17.8 Å². The second kappa shape index (κ2) is 7.48. The minimum absolute atomic E-state index is 0.734. The fourth-order valence-corrected chi connectivity index (χ4v) is 1.84. The largest absolute Gasteiger partial charge is 0.380 e. The molecule has 1 aliphatic rings. The molecule has 0 saturated heterocycles. The van der Waals surface area contributed by atoms with E-state index in [0.717, 1.165) is 50.9 Å². The Morgan fingerprint density at radius 1 is 1.44 bits per heavy atom. The number of aromatic nitrogens is 3. The van der Waals surface area contributed by atoms with Crippen molar-refractivity contribution in [2.24, 2.45) is 5.92 Å². The van der Waals surface area contributed by atoms with E-state index in [0.29, 0.717) is 0 Å². The van der Waals surface area contributed by atoms with Crippen molar-refractivity contribution in [2.45, 2.75) is 45.7 Å². The first-order chi connectivity index (χ1) is 8.88. The highest BCUT2D eigenvalue weighted by Crippen LogP contribution is 2.31. The minimum atomic E-state index is 0.734. The fourth-order valence-electron chi connectivity index (χ4n) is 1.84. The van der Waals surface area contributed by atoms with Crippen LogP contribution in [0.1, 0.15) is 38.3 Å². The van der Waals surface area contributed by atoms with Crippen LogP contribution in [0.25, 0.3) is 0 Å². The topological polar surface area (TPSA) is 52.0 Å². The SMILES string of the molecule is CCCNCc1cn(CCOCCC2CC2)nn1. The van der Waals surface area contributed by atoms with Gasteiger partial charge in [-0.25, -0.2) is 4.68 Å². The summed E-state index contributed by atoms with van der Waals surface area (Å²) in [4.78, 5) is 0. The van der Waals surface area contributed by atoms with Gasteiger partial charge in [0.2, 0.25) is 0 Å². The molecule has 0 amide bonds. The number of hydrogen-bond acceptors (Lipinski definition) is 4. The molecule has 1 N–H and O–H groups in total. The summed E-state index contributed by atoms with van der Waals surface area (Å²) in [5.74, 6) is 0.951. The van der Waals surface area contributed by atoms with E-state index in [1.807, 2.05) is 10.9 Å². The summed E-state index contributed by atoms with van der Waals surface area (Å²) >= 11 is 0. The van der Waals surface area contributed by atoms with Gasteiger partial charge in [-0.3, -0.25) is 0 Å². The molecule has 0 bridgehead atoms. The second-order valence-corrected chi connectivity index (χ2v) is 4.99. The van der Waals surface area contributed by atoms with Crippen molar-refractivity contribution in [1.29, 1.82) is 0 Å². The maximum Gasteiger partial charge on any atom is 0.0964 e. The predicted octanol–water partition coefficient (Wildman–Crippen LogP) is 1.59. The Bertz CT molecular complexity index is 335. The number of hydrogen-bond donors (Lipinski definition) is 1. The summed E-state index contributed by atoms with van der Waals surface area (Å²) < 4.78 is 7.45. The molecular formula is C13H24N4O. The van der Waals surface area contributed by atoms with E-state index in [2.05, 4.69) is 22.6 Å². The van der Waals surface area contributed by atoms with Crippen LogP contribution in [0.3, 0.4) is 0 Å². The molecular weight excluding hydrogens is 228 g/mol. The van der Waals surface area contributed by atoms with Crippen LogP contribution in [-0.4, -0.2) is 34.8 Å². The van der Waals surface area contributed by atoms with E-state index in [1.54, 1.807) is 0 Å². The number of nitrogens with zero attached hydrogens (tertiary/aromatic N) is 3. The molecule has 0 radical (unpaired) electrons. The zero-order valence-electron chi connectivity index (χ0n) is 11.3. The van der Waals surface area contributed by atoms with Crippen molar-refractivity contribution in [1.82, 2.24) is 20.3 Å². The standard InChI is InChI=1S/C13H24N4O/c1-2-6-14-10-13-11-17(16-15-13)7-9-18-8-5-12-3-4-12/h11-12,14H,2-10H2,1H3. The predicted molar refractivity (Wildman–Crippen MR) is 70.2 cm³/mol. The van der Waals surface area contributed by atoms with Gasteiger partial charge in [-0.15, -0.1) is 5.10 Å². The minimum Gasteiger partial charge on any atom is -0.380 e. The lowest BCUT2D eigenvalue weighted by atomic mass is 10.3. The number of nitrogens with one attached hydrogen (secondary N) is 1. The van der Waals surface area contributed by atoms with Crippen LogP contribution in [0, 0.1) is 5.92 Å². The lowest BCUT2D eigenvalue weighted by Gasteiger charge is -2.02. The maximum absolute atomic E-state index is 5.59. The lowest BCUT2D eigenvalue weighted by Crippen LogP contribution is -2.14. The third kappa shape index (κ3) is 5.14. The molecule has 0 aliphatic heterocycles. The fraction of sp³-hybridized carbons (Fsp3) is 0.846. The molecule has 0 spiro atoms. The normalized spacial score (nSPS) is 15.2. The van der Waals surface area contributed by atoms with Crippen molar-refractivity contribution < 1.29 is 4.74 Å². The quantitative estimate of drug-likeness (QED) is 0.643. The molecule has 1 heterocycles. The van der Waals surface area contributed by atoms with Gasteiger partial charge in [0.25, 0.3) is 0 Å². The van der Waals surface area contributed by atoms with Gasteiger partial charge in [0.05, 0.1) is 18.8 Å². The summed E-state index contributed by atoms with van der Waals surface area (Å²) in [6.07, 6.45) is 7.17. The molecule has 1 aliphatic carbocycles. The maximum atomic E-state index is 5.59. The Hall–Kier alpha value is -0.940. The van der Waals surface area contributed by atoms with Crippen molar-refractivity contribution in [2.75, 3.05) is 19.8 Å². The monoisotopic (exact) mass is 252 g/mol. The van der Waals surface area contributed by atoms with E-state index >= 15 is 0 Å². The van der Waals surface area contributed by atoms with Gasteiger partial charge in [-0.05, 0) is 25.3 Å². The second-order valence-electron chi connectivity index (χ2n) is 4.99. The van der Waals surface area contributed by atoms with Crippen molar-refractivity contribution >= 4 is 0 Å². The average Bonchev–Trinajstić information content (AvgIpc) is 3.09. The van der Waals surface area contributed by atoms with E-state index < -0.39 is 0 Å². The Labute approximate surface area is 109 Å². The van der Waals surface area contributed by atoms with Crippen molar-refractivity contribution in [3.63, 3.8) is 0 Å².